The van der Waals surface area contributed by atoms with E-state index in [1.165, 1.54) is 24.5 Å². The summed E-state index contributed by atoms with van der Waals surface area (Å²) in [6, 6.07) is 10.9. The number of phenols is 2. The van der Waals surface area contributed by atoms with Gasteiger partial charge in [-0.15, -0.1) is 0 Å². The molecule has 0 atom stereocenters. The van der Waals surface area contributed by atoms with E-state index in [1.807, 2.05) is 0 Å². The molecule has 0 unspecified atom stereocenters. The van der Waals surface area contributed by atoms with Gasteiger partial charge in [-0.25, -0.2) is 0 Å². The zero-order valence-electron chi connectivity index (χ0n) is 9.83. The van der Waals surface area contributed by atoms with E-state index in [9.17, 15) is 15.0 Å². The maximum atomic E-state index is 12.4. The van der Waals surface area contributed by atoms with Crippen LogP contribution >= 0.6 is 0 Å². The van der Waals surface area contributed by atoms with Gasteiger partial charge in [0.2, 0.25) is 5.43 Å². The van der Waals surface area contributed by atoms with Crippen molar-refractivity contribution in [1.82, 2.24) is 0 Å². The summed E-state index contributed by atoms with van der Waals surface area (Å²) < 4.78 is 5.37. The highest BCUT2D eigenvalue weighted by atomic mass is 16.3. The Morgan fingerprint density at radius 2 is 1.68 bits per heavy atom. The van der Waals surface area contributed by atoms with Crippen molar-refractivity contribution in [3.63, 3.8) is 0 Å². The highest BCUT2D eigenvalue weighted by Crippen LogP contribution is 2.25. The second kappa shape index (κ2) is 4.17. The molecule has 0 saturated heterocycles. The number of aromatic hydroxyl groups is 2. The Kier molecular flexibility index (Phi) is 2.49. The van der Waals surface area contributed by atoms with Gasteiger partial charge in [-0.1, -0.05) is 18.2 Å². The van der Waals surface area contributed by atoms with Crippen LogP contribution in [0.1, 0.15) is 0 Å². The average molecular weight is 254 g/mol. The summed E-state index contributed by atoms with van der Waals surface area (Å²) in [5, 5.41) is 19.2. The summed E-state index contributed by atoms with van der Waals surface area (Å²) in [6.07, 6.45) is 1.36. The molecule has 3 rings (SSSR count). The van der Waals surface area contributed by atoms with Gasteiger partial charge >= 0.3 is 0 Å². The summed E-state index contributed by atoms with van der Waals surface area (Å²) in [5.74, 6) is 0.0173. The monoisotopic (exact) mass is 254 g/mol. The fraction of sp³-hybridized carbons (Fsp3) is 0. The Morgan fingerprint density at radius 3 is 2.42 bits per heavy atom. The predicted molar refractivity (Wildman–Crippen MR) is 71.2 cm³/mol. The molecule has 19 heavy (non-hydrogen) atoms. The molecule has 1 aromatic heterocycles. The van der Waals surface area contributed by atoms with Gasteiger partial charge in [0.15, 0.2) is 0 Å². The summed E-state index contributed by atoms with van der Waals surface area (Å²) in [4.78, 5) is 12.4. The van der Waals surface area contributed by atoms with Crippen LogP contribution in [0.2, 0.25) is 0 Å². The molecule has 0 amide bonds. The minimum absolute atomic E-state index is 0.105. The summed E-state index contributed by atoms with van der Waals surface area (Å²) in [6.45, 7) is 0. The highest BCUT2D eigenvalue weighted by molar-refractivity contribution is 5.86. The number of fused-ring (bicyclic) bond motifs is 1. The minimum Gasteiger partial charge on any atom is -0.508 e. The van der Waals surface area contributed by atoms with Crippen molar-refractivity contribution in [1.29, 1.82) is 0 Å². The molecule has 4 heteroatoms. The first-order valence-electron chi connectivity index (χ1n) is 5.70. The number of hydrogen-bond donors (Lipinski definition) is 2. The standard InChI is InChI=1S/C15H10O4/c16-10-6-4-9(5-7-10)11-8-19-13-3-1-2-12(17)14(13)15(11)18/h1-8,16-17H. The van der Waals surface area contributed by atoms with Crippen LogP contribution < -0.4 is 5.43 Å². The minimum atomic E-state index is -0.301. The van der Waals surface area contributed by atoms with Crippen LogP contribution in [0.3, 0.4) is 0 Å². The highest BCUT2D eigenvalue weighted by Gasteiger charge is 2.11. The normalized spacial score (nSPS) is 10.7. The van der Waals surface area contributed by atoms with Gasteiger partial charge in [0.05, 0.1) is 5.56 Å². The molecule has 0 aliphatic rings. The Morgan fingerprint density at radius 1 is 0.947 bits per heavy atom. The van der Waals surface area contributed by atoms with E-state index in [0.29, 0.717) is 16.7 Å². The van der Waals surface area contributed by atoms with E-state index in [-0.39, 0.29) is 22.3 Å². The van der Waals surface area contributed by atoms with Crippen LogP contribution in [0.25, 0.3) is 22.1 Å². The number of benzene rings is 2. The largest absolute Gasteiger partial charge is 0.508 e. The van der Waals surface area contributed by atoms with Crippen molar-refractivity contribution in [2.75, 3.05) is 0 Å². The van der Waals surface area contributed by atoms with Gasteiger partial charge in [-0.3, -0.25) is 4.79 Å². The summed E-state index contributed by atoms with van der Waals surface area (Å²) in [7, 11) is 0. The van der Waals surface area contributed by atoms with E-state index in [2.05, 4.69) is 0 Å². The molecule has 0 aliphatic carbocycles. The van der Waals surface area contributed by atoms with Crippen LogP contribution in [0.4, 0.5) is 0 Å². The van der Waals surface area contributed by atoms with Gasteiger partial charge in [0, 0.05) is 0 Å². The third kappa shape index (κ3) is 1.83. The van der Waals surface area contributed by atoms with Crippen LogP contribution in [0, 0.1) is 0 Å². The molecule has 0 spiro atoms. The van der Waals surface area contributed by atoms with E-state index < -0.39 is 0 Å². The Bertz CT molecular complexity index is 800. The van der Waals surface area contributed by atoms with Crippen molar-refractivity contribution in [3.05, 3.63) is 59.0 Å². The molecule has 0 fully saturated rings. The van der Waals surface area contributed by atoms with Crippen LogP contribution in [0.15, 0.2) is 57.9 Å². The predicted octanol–water partition coefficient (Wildman–Crippen LogP) is 2.87. The summed E-state index contributed by atoms with van der Waals surface area (Å²) in [5.41, 5.74) is 1.00. The third-order valence-electron chi connectivity index (χ3n) is 2.96. The number of rotatable bonds is 1. The zero-order valence-corrected chi connectivity index (χ0v) is 9.83. The molecule has 94 valence electrons. The Balaban J connectivity index is 2.32. The molecule has 0 radical (unpaired) electrons. The van der Waals surface area contributed by atoms with Crippen LogP contribution in [-0.4, -0.2) is 10.2 Å². The van der Waals surface area contributed by atoms with Crippen molar-refractivity contribution in [3.8, 4) is 22.6 Å². The maximum Gasteiger partial charge on any atom is 0.204 e. The van der Waals surface area contributed by atoms with Gasteiger partial charge < -0.3 is 14.6 Å². The quantitative estimate of drug-likeness (QED) is 0.700. The van der Waals surface area contributed by atoms with Crippen molar-refractivity contribution in [2.45, 2.75) is 0 Å². The molecular formula is C15H10O4. The third-order valence-corrected chi connectivity index (χ3v) is 2.96. The lowest BCUT2D eigenvalue weighted by molar-refractivity contribution is 0.475. The Labute approximate surface area is 108 Å². The SMILES string of the molecule is O=c1c(-c2ccc(O)cc2)coc2cccc(O)c12. The molecule has 2 aromatic carbocycles. The van der Waals surface area contributed by atoms with Gasteiger partial charge in [0.1, 0.15) is 28.7 Å². The fourth-order valence-corrected chi connectivity index (χ4v) is 2.00. The number of hydrogen-bond acceptors (Lipinski definition) is 4. The van der Waals surface area contributed by atoms with Crippen molar-refractivity contribution >= 4 is 11.0 Å². The topological polar surface area (TPSA) is 70.7 Å². The molecule has 1 heterocycles. The van der Waals surface area contributed by atoms with E-state index in [1.54, 1.807) is 24.3 Å². The van der Waals surface area contributed by atoms with E-state index >= 15 is 0 Å². The van der Waals surface area contributed by atoms with E-state index in [0.717, 1.165) is 0 Å². The molecule has 2 N–H and O–H groups in total. The molecule has 4 nitrogen and oxygen atoms in total. The fourth-order valence-electron chi connectivity index (χ4n) is 2.00. The van der Waals surface area contributed by atoms with Gasteiger partial charge in [-0.2, -0.15) is 0 Å². The lowest BCUT2D eigenvalue weighted by Crippen LogP contribution is -2.04. The lowest BCUT2D eigenvalue weighted by Gasteiger charge is -2.04. The zero-order chi connectivity index (χ0) is 13.4. The van der Waals surface area contributed by atoms with Crippen molar-refractivity contribution < 1.29 is 14.6 Å². The molecule has 0 aliphatic heterocycles. The van der Waals surface area contributed by atoms with Crippen LogP contribution in [0.5, 0.6) is 11.5 Å². The number of phenolic OH excluding ortho intramolecular Hbond substituents is 2. The van der Waals surface area contributed by atoms with Gasteiger partial charge in [-0.05, 0) is 29.8 Å². The van der Waals surface area contributed by atoms with E-state index in [4.69, 9.17) is 4.42 Å². The smallest absolute Gasteiger partial charge is 0.204 e. The second-order valence-corrected chi connectivity index (χ2v) is 4.18. The molecule has 0 saturated carbocycles. The average Bonchev–Trinajstić information content (AvgIpc) is 2.40. The van der Waals surface area contributed by atoms with Gasteiger partial charge in [0.25, 0.3) is 0 Å². The summed E-state index contributed by atoms with van der Waals surface area (Å²) >= 11 is 0. The Hall–Kier alpha value is -2.75. The first-order valence-corrected chi connectivity index (χ1v) is 5.70. The molecule has 3 aromatic rings. The first kappa shape index (κ1) is 11.3. The molecular weight excluding hydrogens is 244 g/mol. The second-order valence-electron chi connectivity index (χ2n) is 4.18. The molecule has 0 bridgehead atoms. The first-order chi connectivity index (χ1) is 9.16. The van der Waals surface area contributed by atoms with Crippen LogP contribution in [-0.2, 0) is 0 Å². The lowest BCUT2D eigenvalue weighted by atomic mass is 10.1. The van der Waals surface area contributed by atoms with Crippen molar-refractivity contribution in [2.24, 2.45) is 0 Å². The maximum absolute atomic E-state index is 12.4.